The van der Waals surface area contributed by atoms with Crippen LogP contribution in [-0.2, 0) is 22.6 Å². The number of ether oxygens (including phenoxy) is 1. The number of hydrogen-bond donors (Lipinski definition) is 1. The molecule has 3 heterocycles. The zero-order chi connectivity index (χ0) is 23.2. The normalized spacial score (nSPS) is 19.8. The van der Waals surface area contributed by atoms with E-state index in [0.717, 1.165) is 39.0 Å². The lowest BCUT2D eigenvalue weighted by atomic mass is 9.86. The van der Waals surface area contributed by atoms with E-state index in [1.54, 1.807) is 16.9 Å². The number of piperazine rings is 1. The van der Waals surface area contributed by atoms with Crippen molar-refractivity contribution in [3.05, 3.63) is 101 Å². The van der Waals surface area contributed by atoms with Crippen LogP contribution in [0.15, 0.2) is 78.9 Å². The molecule has 1 N–H and O–H groups in total. The van der Waals surface area contributed by atoms with Crippen LogP contribution in [0.5, 0.6) is 5.75 Å². The van der Waals surface area contributed by atoms with Gasteiger partial charge in [-0.25, -0.2) is 0 Å². The number of hydrogen-bond acceptors (Lipinski definition) is 3. The third-order valence-electron chi connectivity index (χ3n) is 6.97. The molecule has 2 aliphatic heterocycles. The largest absolute Gasteiger partial charge is 0.497 e. The fraction of sp³-hybridized carbons (Fsp3) is 0.214. The van der Waals surface area contributed by atoms with Crippen LogP contribution < -0.4 is 4.74 Å². The quantitative estimate of drug-likeness (QED) is 0.509. The molecule has 2 amide bonds. The second kappa shape index (κ2) is 8.06. The summed E-state index contributed by atoms with van der Waals surface area (Å²) in [6, 6.07) is 24.8. The molecule has 2 aliphatic rings. The summed E-state index contributed by atoms with van der Waals surface area (Å²) in [7, 11) is 1.63. The van der Waals surface area contributed by atoms with Gasteiger partial charge in [-0.05, 0) is 34.9 Å². The first kappa shape index (κ1) is 20.5. The zero-order valence-corrected chi connectivity index (χ0v) is 18.9. The molecule has 170 valence electrons. The summed E-state index contributed by atoms with van der Waals surface area (Å²) in [6.07, 6.45) is 0.496. The van der Waals surface area contributed by atoms with Gasteiger partial charge in [0.05, 0.1) is 13.2 Å². The Bertz CT molecular complexity index is 1390. The van der Waals surface area contributed by atoms with Gasteiger partial charge < -0.3 is 19.5 Å². The summed E-state index contributed by atoms with van der Waals surface area (Å²) in [5.41, 5.74) is 5.04. The summed E-state index contributed by atoms with van der Waals surface area (Å²) in [4.78, 5) is 34.4. The Hall–Kier alpha value is -4.06. The van der Waals surface area contributed by atoms with E-state index in [-0.39, 0.29) is 24.4 Å². The number of para-hydroxylation sites is 1. The molecule has 1 unspecified atom stereocenters. The van der Waals surface area contributed by atoms with Gasteiger partial charge in [0.2, 0.25) is 11.8 Å². The number of rotatable bonds is 4. The topological polar surface area (TPSA) is 65.6 Å². The molecule has 2 atom stereocenters. The molecule has 3 aromatic carbocycles. The molecule has 34 heavy (non-hydrogen) atoms. The number of methoxy groups -OCH3 is 1. The summed E-state index contributed by atoms with van der Waals surface area (Å²) in [5.74, 6) is 0.670. The van der Waals surface area contributed by atoms with E-state index in [2.05, 4.69) is 11.1 Å². The molecule has 1 aromatic heterocycles. The highest BCUT2D eigenvalue weighted by molar-refractivity contribution is 5.97. The molecular weight excluding hydrogens is 426 g/mol. The maximum atomic E-state index is 13.8. The first-order chi connectivity index (χ1) is 16.6. The molecule has 0 radical (unpaired) electrons. The molecule has 6 rings (SSSR count). The third kappa shape index (κ3) is 3.25. The van der Waals surface area contributed by atoms with Crippen molar-refractivity contribution in [1.29, 1.82) is 0 Å². The number of benzene rings is 3. The second-order valence-corrected chi connectivity index (χ2v) is 8.94. The fourth-order valence-corrected chi connectivity index (χ4v) is 5.42. The number of nitrogens with one attached hydrogen (secondary N) is 1. The zero-order valence-electron chi connectivity index (χ0n) is 18.9. The highest BCUT2D eigenvalue weighted by Crippen LogP contribution is 2.43. The predicted molar refractivity (Wildman–Crippen MR) is 129 cm³/mol. The van der Waals surface area contributed by atoms with Crippen LogP contribution in [0, 0.1) is 0 Å². The Morgan fingerprint density at radius 2 is 1.76 bits per heavy atom. The van der Waals surface area contributed by atoms with Crippen LogP contribution in [0.25, 0.3) is 10.9 Å². The van der Waals surface area contributed by atoms with E-state index in [9.17, 15) is 9.59 Å². The van der Waals surface area contributed by atoms with E-state index < -0.39 is 6.04 Å². The van der Waals surface area contributed by atoms with E-state index in [1.165, 1.54) is 0 Å². The van der Waals surface area contributed by atoms with Crippen LogP contribution in [-0.4, -0.2) is 46.3 Å². The van der Waals surface area contributed by atoms with E-state index in [1.807, 2.05) is 72.8 Å². The average Bonchev–Trinajstić information content (AvgIpc) is 3.25. The number of carbonyl (C=O) groups excluding carboxylic acids is 2. The minimum atomic E-state index is -0.548. The number of fused-ring (bicyclic) bond motifs is 4. The van der Waals surface area contributed by atoms with E-state index >= 15 is 0 Å². The van der Waals surface area contributed by atoms with Crippen LogP contribution in [0.3, 0.4) is 0 Å². The SMILES string of the molecule is COc1cccc(C2c3[nH]c4ccccc4c3C[C@H]3C(=O)N(Cc4ccccc4)CC(=O)N23)c1. The number of aromatic nitrogens is 1. The number of H-pyrrole nitrogens is 1. The number of carbonyl (C=O) groups is 2. The molecule has 0 saturated carbocycles. The molecule has 4 aromatic rings. The van der Waals surface area contributed by atoms with Crippen molar-refractivity contribution in [2.24, 2.45) is 0 Å². The van der Waals surface area contributed by atoms with Crippen LogP contribution in [0.4, 0.5) is 0 Å². The van der Waals surface area contributed by atoms with Gasteiger partial charge in [-0.2, -0.15) is 0 Å². The van der Waals surface area contributed by atoms with Gasteiger partial charge >= 0.3 is 0 Å². The highest BCUT2D eigenvalue weighted by atomic mass is 16.5. The van der Waals surface area contributed by atoms with Gasteiger partial charge in [0.1, 0.15) is 18.3 Å². The van der Waals surface area contributed by atoms with Gasteiger partial charge in [0.15, 0.2) is 0 Å². The van der Waals surface area contributed by atoms with E-state index in [4.69, 9.17) is 4.74 Å². The number of aromatic amines is 1. The summed E-state index contributed by atoms with van der Waals surface area (Å²) in [5, 5.41) is 1.10. The highest BCUT2D eigenvalue weighted by Gasteiger charge is 2.48. The molecule has 6 nitrogen and oxygen atoms in total. The van der Waals surface area contributed by atoms with Crippen LogP contribution in [0.2, 0.25) is 0 Å². The Morgan fingerprint density at radius 3 is 2.59 bits per heavy atom. The van der Waals surface area contributed by atoms with Gasteiger partial charge in [-0.1, -0.05) is 60.7 Å². The Labute approximate surface area is 197 Å². The van der Waals surface area contributed by atoms with Crippen molar-refractivity contribution >= 4 is 22.7 Å². The van der Waals surface area contributed by atoms with Crippen molar-refractivity contribution in [3.8, 4) is 5.75 Å². The van der Waals surface area contributed by atoms with Crippen LogP contribution >= 0.6 is 0 Å². The monoisotopic (exact) mass is 451 g/mol. The summed E-state index contributed by atoms with van der Waals surface area (Å²) in [6.45, 7) is 0.501. The second-order valence-electron chi connectivity index (χ2n) is 8.94. The predicted octanol–water partition coefficient (Wildman–Crippen LogP) is 4.06. The Kier molecular flexibility index (Phi) is 4.87. The number of amides is 2. The minimum Gasteiger partial charge on any atom is -0.497 e. The molecule has 1 fully saturated rings. The Balaban J connectivity index is 1.47. The number of nitrogens with zero attached hydrogens (tertiary/aromatic N) is 2. The van der Waals surface area contributed by atoms with Gasteiger partial charge in [0, 0.05) is 29.6 Å². The van der Waals surface area contributed by atoms with Gasteiger partial charge in [0.25, 0.3) is 0 Å². The molecule has 0 spiro atoms. The molecule has 6 heteroatoms. The summed E-state index contributed by atoms with van der Waals surface area (Å²) >= 11 is 0. The van der Waals surface area contributed by atoms with Crippen molar-refractivity contribution in [3.63, 3.8) is 0 Å². The molecule has 0 aliphatic carbocycles. The first-order valence-corrected chi connectivity index (χ1v) is 11.5. The van der Waals surface area contributed by atoms with Gasteiger partial charge in [-0.3, -0.25) is 9.59 Å². The standard InChI is InChI=1S/C28H25N3O3/c1-34-20-11-7-10-19(14-20)27-26-22(21-12-5-6-13-23(21)29-26)15-24-28(33)30(17-25(32)31(24)27)16-18-8-3-2-4-9-18/h2-14,24,27,29H,15-17H2,1H3/t24-,27?/m0/s1. The maximum absolute atomic E-state index is 13.8. The summed E-state index contributed by atoms with van der Waals surface area (Å²) < 4.78 is 5.47. The minimum absolute atomic E-state index is 0.00715. The Morgan fingerprint density at radius 1 is 0.971 bits per heavy atom. The van der Waals surface area contributed by atoms with Crippen molar-refractivity contribution < 1.29 is 14.3 Å². The molecular formula is C28H25N3O3. The lowest BCUT2D eigenvalue weighted by Gasteiger charge is -2.47. The first-order valence-electron chi connectivity index (χ1n) is 11.5. The molecule has 0 bridgehead atoms. The average molecular weight is 452 g/mol. The van der Waals surface area contributed by atoms with Crippen molar-refractivity contribution in [2.45, 2.75) is 25.0 Å². The van der Waals surface area contributed by atoms with Crippen LogP contribution in [0.1, 0.15) is 28.4 Å². The lowest BCUT2D eigenvalue weighted by molar-refractivity contribution is -0.159. The maximum Gasteiger partial charge on any atom is 0.246 e. The van der Waals surface area contributed by atoms with Gasteiger partial charge in [-0.15, -0.1) is 0 Å². The molecule has 1 saturated heterocycles. The lowest BCUT2D eigenvalue weighted by Crippen LogP contribution is -2.62. The van der Waals surface area contributed by atoms with Crippen molar-refractivity contribution in [2.75, 3.05) is 13.7 Å². The van der Waals surface area contributed by atoms with E-state index in [0.29, 0.717) is 13.0 Å². The fourth-order valence-electron chi connectivity index (χ4n) is 5.42. The smallest absolute Gasteiger partial charge is 0.246 e. The third-order valence-corrected chi connectivity index (χ3v) is 6.97. The van der Waals surface area contributed by atoms with Crippen molar-refractivity contribution in [1.82, 2.24) is 14.8 Å².